The summed E-state index contributed by atoms with van der Waals surface area (Å²) in [4.78, 5) is 2.49. The summed E-state index contributed by atoms with van der Waals surface area (Å²) in [6.45, 7) is 5.64. The van der Waals surface area contributed by atoms with Crippen molar-refractivity contribution < 1.29 is 4.57 Å². The van der Waals surface area contributed by atoms with Crippen LogP contribution in [-0.2, 0) is 0 Å². The molecular formula is C14H17N2+. The van der Waals surface area contributed by atoms with Crippen molar-refractivity contribution in [3.63, 3.8) is 0 Å². The first-order valence-electron chi connectivity index (χ1n) is 5.93. The Morgan fingerprint density at radius 1 is 1.31 bits per heavy atom. The fraction of sp³-hybridized carbons (Fsp3) is 0.357. The molecule has 2 nitrogen and oxygen atoms in total. The van der Waals surface area contributed by atoms with Gasteiger partial charge in [-0.25, -0.2) is 0 Å². The molecule has 0 spiro atoms. The Bertz CT molecular complexity index is 473. The van der Waals surface area contributed by atoms with Crippen LogP contribution in [0.1, 0.15) is 25.6 Å². The van der Waals surface area contributed by atoms with Gasteiger partial charge in [0.1, 0.15) is 5.70 Å². The molecule has 2 atom stereocenters. The van der Waals surface area contributed by atoms with Crippen LogP contribution in [0.4, 0.5) is 0 Å². The van der Waals surface area contributed by atoms with E-state index in [1.807, 2.05) is 0 Å². The molecule has 82 valence electrons. The van der Waals surface area contributed by atoms with Crippen molar-refractivity contribution in [2.75, 3.05) is 6.54 Å². The van der Waals surface area contributed by atoms with Gasteiger partial charge in [-0.05, 0) is 26.0 Å². The van der Waals surface area contributed by atoms with Crippen LogP contribution in [0.15, 0.2) is 42.6 Å². The molecule has 2 aliphatic rings. The number of rotatable bonds is 0. The lowest BCUT2D eigenvalue weighted by molar-refractivity contribution is -0.730. The van der Waals surface area contributed by atoms with Gasteiger partial charge in [0.2, 0.25) is 5.69 Å². The van der Waals surface area contributed by atoms with E-state index in [1.165, 1.54) is 11.4 Å². The molecule has 0 N–H and O–H groups in total. The van der Waals surface area contributed by atoms with E-state index in [2.05, 4.69) is 65.9 Å². The normalized spacial score (nSPS) is 27.1. The van der Waals surface area contributed by atoms with Gasteiger partial charge >= 0.3 is 0 Å². The zero-order chi connectivity index (χ0) is 11.1. The van der Waals surface area contributed by atoms with E-state index in [0.717, 1.165) is 6.54 Å². The second kappa shape index (κ2) is 3.48. The fourth-order valence-corrected chi connectivity index (χ4v) is 2.67. The highest BCUT2D eigenvalue weighted by Crippen LogP contribution is 2.30. The molecule has 3 heterocycles. The summed E-state index contributed by atoms with van der Waals surface area (Å²) in [5.41, 5.74) is 2.69. The first-order valence-corrected chi connectivity index (χ1v) is 5.93. The van der Waals surface area contributed by atoms with E-state index in [-0.39, 0.29) is 0 Å². The Kier molecular flexibility index (Phi) is 2.10. The Labute approximate surface area is 96.5 Å². The summed E-state index contributed by atoms with van der Waals surface area (Å²) in [6, 6.07) is 7.52. The first-order chi connectivity index (χ1) is 7.79. The number of hydrogen-bond acceptors (Lipinski definition) is 1. The molecule has 0 saturated carbocycles. The van der Waals surface area contributed by atoms with Crippen molar-refractivity contribution in [3.8, 4) is 0 Å². The summed E-state index contributed by atoms with van der Waals surface area (Å²) in [6.07, 6.45) is 8.79. The average Bonchev–Trinajstić information content (AvgIpc) is 2.36. The fourth-order valence-electron chi connectivity index (χ4n) is 2.67. The van der Waals surface area contributed by atoms with Gasteiger partial charge < -0.3 is 4.90 Å². The summed E-state index contributed by atoms with van der Waals surface area (Å²) < 4.78 is 2.38. The molecule has 16 heavy (non-hydrogen) atoms. The quantitative estimate of drug-likeness (QED) is 0.599. The largest absolute Gasteiger partial charge is 0.353 e. The molecule has 2 heteroatoms. The molecule has 0 amide bonds. The van der Waals surface area contributed by atoms with Crippen molar-refractivity contribution >= 4 is 5.70 Å². The highest BCUT2D eigenvalue weighted by Gasteiger charge is 2.37. The van der Waals surface area contributed by atoms with Gasteiger partial charge in [-0.1, -0.05) is 12.2 Å². The maximum atomic E-state index is 2.49. The lowest BCUT2D eigenvalue weighted by atomic mass is 10.00. The minimum atomic E-state index is 0.528. The number of nitrogens with zero attached hydrogens (tertiary/aromatic N) is 2. The third-order valence-electron chi connectivity index (χ3n) is 3.78. The number of allylic oxidation sites excluding steroid dienone is 2. The molecule has 0 fully saturated rings. The molecule has 0 bridgehead atoms. The van der Waals surface area contributed by atoms with Crippen LogP contribution >= 0.6 is 0 Å². The molecule has 1 aromatic heterocycles. The van der Waals surface area contributed by atoms with Crippen LogP contribution < -0.4 is 4.57 Å². The van der Waals surface area contributed by atoms with Crippen molar-refractivity contribution in [1.82, 2.24) is 4.90 Å². The van der Waals surface area contributed by atoms with Crippen molar-refractivity contribution in [3.05, 3.63) is 48.3 Å². The van der Waals surface area contributed by atoms with Crippen LogP contribution in [0.25, 0.3) is 5.70 Å². The summed E-state index contributed by atoms with van der Waals surface area (Å²) in [5, 5.41) is 0. The van der Waals surface area contributed by atoms with Gasteiger partial charge in [-0.2, -0.15) is 4.57 Å². The highest BCUT2D eigenvalue weighted by atomic mass is 15.3. The van der Waals surface area contributed by atoms with Gasteiger partial charge in [-0.3, -0.25) is 0 Å². The van der Waals surface area contributed by atoms with Crippen molar-refractivity contribution in [2.24, 2.45) is 0 Å². The highest BCUT2D eigenvalue weighted by molar-refractivity contribution is 5.63. The minimum Gasteiger partial charge on any atom is -0.353 e. The molecule has 1 aromatic rings. The third kappa shape index (κ3) is 1.22. The summed E-state index contributed by atoms with van der Waals surface area (Å²) in [7, 11) is 0. The van der Waals surface area contributed by atoms with Crippen LogP contribution in [-0.4, -0.2) is 17.5 Å². The van der Waals surface area contributed by atoms with Crippen molar-refractivity contribution in [1.29, 1.82) is 0 Å². The Morgan fingerprint density at radius 3 is 3.06 bits per heavy atom. The molecule has 0 aromatic carbocycles. The smallest absolute Gasteiger partial charge is 0.229 e. The van der Waals surface area contributed by atoms with Gasteiger partial charge in [0, 0.05) is 18.7 Å². The summed E-state index contributed by atoms with van der Waals surface area (Å²) in [5.74, 6) is 0. The van der Waals surface area contributed by atoms with Crippen LogP contribution in [0.2, 0.25) is 0 Å². The third-order valence-corrected chi connectivity index (χ3v) is 3.78. The van der Waals surface area contributed by atoms with Gasteiger partial charge in [-0.15, -0.1) is 0 Å². The molecular weight excluding hydrogens is 196 g/mol. The zero-order valence-corrected chi connectivity index (χ0v) is 9.80. The average molecular weight is 213 g/mol. The minimum absolute atomic E-state index is 0.528. The Hall–Kier alpha value is -1.57. The molecule has 0 aliphatic carbocycles. The second-order valence-electron chi connectivity index (χ2n) is 4.61. The standard InChI is InChI=1S/C14H17N2/c1-11-12(2)16-10-6-4-8-14(16)13-7-3-5-9-15(11)13/h3-9,11-12H,10H2,1-2H3/q+1. The monoisotopic (exact) mass is 213 g/mol. The van der Waals surface area contributed by atoms with E-state index in [9.17, 15) is 0 Å². The van der Waals surface area contributed by atoms with Crippen LogP contribution in [0.5, 0.6) is 0 Å². The van der Waals surface area contributed by atoms with Crippen LogP contribution in [0, 0.1) is 0 Å². The molecule has 0 radical (unpaired) electrons. The SMILES string of the molecule is CC1C(C)[n+]2ccccc2C2=CC=CCN21. The van der Waals surface area contributed by atoms with E-state index in [0.29, 0.717) is 12.1 Å². The maximum absolute atomic E-state index is 2.49. The molecule has 2 aliphatic heterocycles. The Morgan fingerprint density at radius 2 is 2.19 bits per heavy atom. The number of fused-ring (bicyclic) bond motifs is 3. The molecule has 3 rings (SSSR count). The molecule has 0 saturated heterocycles. The molecule has 2 unspecified atom stereocenters. The number of aromatic nitrogens is 1. The maximum Gasteiger partial charge on any atom is 0.229 e. The van der Waals surface area contributed by atoms with E-state index in [1.54, 1.807) is 0 Å². The topological polar surface area (TPSA) is 7.12 Å². The predicted octanol–water partition coefficient (Wildman–Crippen LogP) is 2.15. The van der Waals surface area contributed by atoms with Crippen LogP contribution in [0.3, 0.4) is 0 Å². The van der Waals surface area contributed by atoms with E-state index < -0.39 is 0 Å². The lowest BCUT2D eigenvalue weighted by Crippen LogP contribution is -2.57. The zero-order valence-electron chi connectivity index (χ0n) is 9.80. The summed E-state index contributed by atoms with van der Waals surface area (Å²) >= 11 is 0. The second-order valence-corrected chi connectivity index (χ2v) is 4.61. The number of hydrogen-bond donors (Lipinski definition) is 0. The lowest BCUT2D eigenvalue weighted by Gasteiger charge is -2.38. The number of pyridine rings is 1. The predicted molar refractivity (Wildman–Crippen MR) is 64.6 cm³/mol. The van der Waals surface area contributed by atoms with Gasteiger partial charge in [0.05, 0.1) is 6.04 Å². The van der Waals surface area contributed by atoms with Crippen molar-refractivity contribution in [2.45, 2.75) is 25.9 Å². The van der Waals surface area contributed by atoms with E-state index in [4.69, 9.17) is 0 Å². The van der Waals surface area contributed by atoms with Gasteiger partial charge in [0.25, 0.3) is 0 Å². The Balaban J connectivity index is 2.20. The van der Waals surface area contributed by atoms with Gasteiger partial charge in [0.15, 0.2) is 12.2 Å². The first kappa shape index (κ1) is 9.64. The van der Waals surface area contributed by atoms with E-state index >= 15 is 0 Å².